The smallest absolute Gasteiger partial charge is 0.405 e. The van der Waals surface area contributed by atoms with E-state index in [4.69, 9.17) is 0 Å². The molecule has 0 fully saturated rings. The predicted octanol–water partition coefficient (Wildman–Crippen LogP) is 4.56. The van der Waals surface area contributed by atoms with Gasteiger partial charge in [0.15, 0.2) is 5.65 Å². The predicted molar refractivity (Wildman–Crippen MR) is 107 cm³/mol. The van der Waals surface area contributed by atoms with E-state index in [9.17, 15) is 18.0 Å². The molecule has 0 saturated heterocycles. The minimum absolute atomic E-state index is 0.133. The van der Waals surface area contributed by atoms with E-state index in [1.165, 1.54) is 41.2 Å². The van der Waals surface area contributed by atoms with Gasteiger partial charge < -0.3 is 10.1 Å². The molecule has 158 valence electrons. The zero-order chi connectivity index (χ0) is 22.2. The van der Waals surface area contributed by atoms with Crippen LogP contribution in [-0.4, -0.2) is 31.9 Å². The Morgan fingerprint density at radius 1 is 1.06 bits per heavy atom. The third-order valence-electron chi connectivity index (χ3n) is 4.48. The van der Waals surface area contributed by atoms with E-state index in [0.29, 0.717) is 11.4 Å². The van der Waals surface area contributed by atoms with Gasteiger partial charge in [-0.15, -0.1) is 13.2 Å². The second kappa shape index (κ2) is 7.71. The first-order valence-electron chi connectivity index (χ1n) is 9.16. The standard InChI is InChI=1S/C21H16F3N5O2/c1-12-7-8-16(13(2)26-12)28-20(30)15-11-25-29-10-9-17(27-19(15)29)14-5-3-4-6-18(14)31-21(22,23)24/h3-11H,1-2H3,(H,28,30). The van der Waals surface area contributed by atoms with Gasteiger partial charge in [-0.25, -0.2) is 9.50 Å². The summed E-state index contributed by atoms with van der Waals surface area (Å²) in [6.45, 7) is 3.61. The Morgan fingerprint density at radius 3 is 2.58 bits per heavy atom. The molecule has 3 aromatic heterocycles. The van der Waals surface area contributed by atoms with Crippen LogP contribution in [0, 0.1) is 13.8 Å². The van der Waals surface area contributed by atoms with Crippen LogP contribution in [0.25, 0.3) is 16.9 Å². The van der Waals surface area contributed by atoms with Crippen LogP contribution in [0.4, 0.5) is 18.9 Å². The quantitative estimate of drug-likeness (QED) is 0.516. The van der Waals surface area contributed by atoms with Crippen molar-refractivity contribution in [3.63, 3.8) is 0 Å². The first kappa shape index (κ1) is 20.3. The molecular formula is C21H16F3N5O2. The average Bonchev–Trinajstić information content (AvgIpc) is 3.12. The summed E-state index contributed by atoms with van der Waals surface area (Å²) in [6, 6.07) is 10.7. The molecular weight excluding hydrogens is 411 g/mol. The van der Waals surface area contributed by atoms with Gasteiger partial charge in [0.2, 0.25) is 0 Å². The monoisotopic (exact) mass is 427 g/mol. The van der Waals surface area contributed by atoms with Crippen molar-refractivity contribution in [1.29, 1.82) is 0 Å². The number of anilines is 1. The van der Waals surface area contributed by atoms with Crippen molar-refractivity contribution in [2.24, 2.45) is 0 Å². The highest BCUT2D eigenvalue weighted by Crippen LogP contribution is 2.33. The molecule has 0 spiro atoms. The molecule has 7 nitrogen and oxygen atoms in total. The van der Waals surface area contributed by atoms with Gasteiger partial charge in [0.1, 0.15) is 11.3 Å². The number of nitrogens with zero attached hydrogens (tertiary/aromatic N) is 4. The number of aromatic nitrogens is 4. The van der Waals surface area contributed by atoms with Gasteiger partial charge >= 0.3 is 6.36 Å². The maximum absolute atomic E-state index is 12.8. The van der Waals surface area contributed by atoms with Gasteiger partial charge in [0.25, 0.3) is 5.91 Å². The van der Waals surface area contributed by atoms with Crippen molar-refractivity contribution in [3.8, 4) is 17.0 Å². The van der Waals surface area contributed by atoms with Gasteiger partial charge in [0, 0.05) is 17.5 Å². The lowest BCUT2D eigenvalue weighted by atomic mass is 10.1. The fourth-order valence-electron chi connectivity index (χ4n) is 3.08. The molecule has 3 heterocycles. The number of pyridine rings is 1. The van der Waals surface area contributed by atoms with Crippen LogP contribution in [-0.2, 0) is 0 Å². The molecule has 0 aliphatic carbocycles. The molecule has 4 aromatic rings. The molecule has 0 radical (unpaired) electrons. The number of benzene rings is 1. The van der Waals surface area contributed by atoms with E-state index in [1.807, 2.05) is 6.92 Å². The maximum atomic E-state index is 12.8. The van der Waals surface area contributed by atoms with Crippen LogP contribution in [0.15, 0.2) is 54.9 Å². The molecule has 0 bridgehead atoms. The zero-order valence-electron chi connectivity index (χ0n) is 16.4. The Kier molecular flexibility index (Phi) is 5.05. The van der Waals surface area contributed by atoms with Crippen LogP contribution in [0.2, 0.25) is 0 Å². The number of rotatable bonds is 4. The first-order chi connectivity index (χ1) is 14.7. The molecule has 0 atom stereocenters. The zero-order valence-corrected chi connectivity index (χ0v) is 16.4. The van der Waals surface area contributed by atoms with Gasteiger partial charge in [-0.1, -0.05) is 12.1 Å². The number of nitrogens with one attached hydrogen (secondary N) is 1. The molecule has 0 aliphatic heterocycles. The van der Waals surface area contributed by atoms with Gasteiger partial charge in [0.05, 0.1) is 23.3 Å². The van der Waals surface area contributed by atoms with E-state index in [-0.39, 0.29) is 22.5 Å². The highest BCUT2D eigenvalue weighted by molar-refractivity contribution is 6.08. The van der Waals surface area contributed by atoms with Crippen molar-refractivity contribution in [1.82, 2.24) is 19.6 Å². The van der Waals surface area contributed by atoms with Crippen molar-refractivity contribution >= 4 is 17.2 Å². The van der Waals surface area contributed by atoms with Gasteiger partial charge in [-0.3, -0.25) is 9.78 Å². The Balaban J connectivity index is 1.71. The molecule has 1 N–H and O–H groups in total. The third-order valence-corrected chi connectivity index (χ3v) is 4.48. The number of carbonyl (C=O) groups excluding carboxylic acids is 1. The fourth-order valence-corrected chi connectivity index (χ4v) is 3.08. The SMILES string of the molecule is Cc1ccc(NC(=O)c2cnn3ccc(-c4ccccc4OC(F)(F)F)nc23)c(C)n1. The summed E-state index contributed by atoms with van der Waals surface area (Å²) in [5.74, 6) is -0.855. The number of ether oxygens (including phenoxy) is 1. The summed E-state index contributed by atoms with van der Waals surface area (Å²) in [7, 11) is 0. The fraction of sp³-hybridized carbons (Fsp3) is 0.143. The molecule has 10 heteroatoms. The largest absolute Gasteiger partial charge is 0.573 e. The molecule has 1 amide bonds. The molecule has 0 aliphatic rings. The summed E-state index contributed by atoms with van der Waals surface area (Å²) in [4.78, 5) is 21.5. The summed E-state index contributed by atoms with van der Waals surface area (Å²) < 4.78 is 43.8. The summed E-state index contributed by atoms with van der Waals surface area (Å²) >= 11 is 0. The molecule has 4 rings (SSSR count). The normalized spacial score (nSPS) is 11.5. The van der Waals surface area contributed by atoms with Crippen molar-refractivity contribution in [3.05, 3.63) is 71.8 Å². The van der Waals surface area contributed by atoms with Crippen molar-refractivity contribution in [2.45, 2.75) is 20.2 Å². The number of hydrogen-bond donors (Lipinski definition) is 1. The van der Waals surface area contributed by atoms with Crippen LogP contribution in [0.3, 0.4) is 0 Å². The van der Waals surface area contributed by atoms with Crippen molar-refractivity contribution < 1.29 is 22.7 Å². The number of halogens is 3. The topological polar surface area (TPSA) is 81.4 Å². The lowest BCUT2D eigenvalue weighted by molar-refractivity contribution is -0.274. The number of alkyl halides is 3. The van der Waals surface area contributed by atoms with E-state index >= 15 is 0 Å². The first-order valence-corrected chi connectivity index (χ1v) is 9.16. The minimum Gasteiger partial charge on any atom is -0.405 e. The lowest BCUT2D eigenvalue weighted by Gasteiger charge is -2.13. The Labute approximate surface area is 174 Å². The number of para-hydroxylation sites is 1. The van der Waals surface area contributed by atoms with E-state index in [0.717, 1.165) is 5.69 Å². The second-order valence-corrected chi connectivity index (χ2v) is 6.72. The Bertz CT molecular complexity index is 1280. The highest BCUT2D eigenvalue weighted by Gasteiger charge is 2.32. The number of hydrogen-bond acceptors (Lipinski definition) is 5. The minimum atomic E-state index is -4.85. The average molecular weight is 427 g/mol. The lowest BCUT2D eigenvalue weighted by Crippen LogP contribution is -2.17. The Hall–Kier alpha value is -3.95. The Morgan fingerprint density at radius 2 is 1.84 bits per heavy atom. The van der Waals surface area contributed by atoms with Crippen LogP contribution in [0.5, 0.6) is 5.75 Å². The van der Waals surface area contributed by atoms with Gasteiger partial charge in [-0.05, 0) is 44.2 Å². The molecule has 1 aromatic carbocycles. The third kappa shape index (κ3) is 4.32. The molecule has 0 unspecified atom stereocenters. The second-order valence-electron chi connectivity index (χ2n) is 6.72. The van der Waals surface area contributed by atoms with E-state index < -0.39 is 18.0 Å². The molecule has 31 heavy (non-hydrogen) atoms. The van der Waals surface area contributed by atoms with Crippen molar-refractivity contribution in [2.75, 3.05) is 5.32 Å². The number of fused-ring (bicyclic) bond motifs is 1. The summed E-state index contributed by atoms with van der Waals surface area (Å²) in [5, 5.41) is 6.87. The number of amides is 1. The van der Waals surface area contributed by atoms with Crippen LogP contribution in [0.1, 0.15) is 21.7 Å². The molecule has 0 saturated carbocycles. The number of carbonyl (C=O) groups is 1. The van der Waals surface area contributed by atoms with Crippen LogP contribution < -0.4 is 10.1 Å². The summed E-state index contributed by atoms with van der Waals surface area (Å²) in [5.41, 5.74) is 2.69. The van der Waals surface area contributed by atoms with Gasteiger partial charge in [-0.2, -0.15) is 5.10 Å². The maximum Gasteiger partial charge on any atom is 0.573 e. The number of aryl methyl sites for hydroxylation is 2. The summed E-state index contributed by atoms with van der Waals surface area (Å²) in [6.07, 6.45) is -1.99. The van der Waals surface area contributed by atoms with E-state index in [1.54, 1.807) is 25.1 Å². The highest BCUT2D eigenvalue weighted by atomic mass is 19.4. The van der Waals surface area contributed by atoms with E-state index in [2.05, 4.69) is 25.1 Å². The van der Waals surface area contributed by atoms with Crippen LogP contribution >= 0.6 is 0 Å².